The van der Waals surface area contributed by atoms with Crippen LogP contribution < -0.4 is 0 Å². The Labute approximate surface area is 109 Å². The molecule has 0 aromatic heterocycles. The minimum Gasteiger partial charge on any atom is -0.468 e. The molecule has 1 aliphatic rings. The van der Waals surface area contributed by atoms with E-state index in [0.717, 1.165) is 20.3 Å². The SMILES string of the molecule is COC(=O)C1=C[C@H](C(=O)OC)C(Cl)(C#N)C[C@@H]1O. The summed E-state index contributed by atoms with van der Waals surface area (Å²) >= 11 is 5.99. The van der Waals surface area contributed by atoms with Gasteiger partial charge < -0.3 is 14.6 Å². The number of aliphatic hydroxyl groups excluding tert-OH is 1. The fourth-order valence-corrected chi connectivity index (χ4v) is 2.06. The number of nitrogens with zero attached hydrogens (tertiary/aromatic N) is 1. The molecule has 1 N–H and O–H groups in total. The summed E-state index contributed by atoms with van der Waals surface area (Å²) in [6.45, 7) is 0. The second kappa shape index (κ2) is 5.38. The van der Waals surface area contributed by atoms with E-state index in [-0.39, 0.29) is 12.0 Å². The van der Waals surface area contributed by atoms with Crippen molar-refractivity contribution in [2.75, 3.05) is 14.2 Å². The number of hydrogen-bond donors (Lipinski definition) is 1. The van der Waals surface area contributed by atoms with E-state index in [0.29, 0.717) is 0 Å². The summed E-state index contributed by atoms with van der Waals surface area (Å²) in [7, 11) is 2.30. The summed E-state index contributed by atoms with van der Waals surface area (Å²) in [6, 6.07) is 1.76. The van der Waals surface area contributed by atoms with Gasteiger partial charge in [-0.2, -0.15) is 5.26 Å². The van der Waals surface area contributed by atoms with Crippen molar-refractivity contribution < 1.29 is 24.2 Å². The predicted octanol–water partition coefficient (Wildman–Crippen LogP) is 0.141. The summed E-state index contributed by atoms with van der Waals surface area (Å²) in [5.41, 5.74) is -0.0978. The molecule has 1 unspecified atom stereocenters. The Hall–Kier alpha value is -1.58. The van der Waals surface area contributed by atoms with Crippen molar-refractivity contribution in [3.63, 3.8) is 0 Å². The van der Waals surface area contributed by atoms with Crippen LogP contribution in [0.15, 0.2) is 11.6 Å². The number of esters is 2. The molecule has 0 saturated heterocycles. The van der Waals surface area contributed by atoms with Gasteiger partial charge in [-0.15, -0.1) is 11.6 Å². The summed E-state index contributed by atoms with van der Waals surface area (Å²) < 4.78 is 9.01. The third-order valence-corrected chi connectivity index (χ3v) is 3.22. The first kappa shape index (κ1) is 14.5. The first-order valence-corrected chi connectivity index (χ1v) is 5.43. The maximum absolute atomic E-state index is 11.6. The van der Waals surface area contributed by atoms with E-state index in [9.17, 15) is 14.7 Å². The van der Waals surface area contributed by atoms with Crippen molar-refractivity contribution in [1.29, 1.82) is 5.26 Å². The van der Waals surface area contributed by atoms with Crippen LogP contribution in [0.4, 0.5) is 0 Å². The van der Waals surface area contributed by atoms with Crippen LogP contribution in [0.2, 0.25) is 0 Å². The van der Waals surface area contributed by atoms with Gasteiger partial charge in [-0.3, -0.25) is 4.79 Å². The summed E-state index contributed by atoms with van der Waals surface area (Å²) in [6.07, 6.45) is -0.385. The average Bonchev–Trinajstić information content (AvgIpc) is 2.37. The van der Waals surface area contributed by atoms with Gasteiger partial charge in [-0.05, 0) is 0 Å². The molecule has 3 atom stereocenters. The smallest absolute Gasteiger partial charge is 0.336 e. The molecule has 0 spiro atoms. The second-order valence-electron chi connectivity index (χ2n) is 3.81. The lowest BCUT2D eigenvalue weighted by Gasteiger charge is -2.32. The van der Waals surface area contributed by atoms with E-state index >= 15 is 0 Å². The molecule has 0 aliphatic heterocycles. The van der Waals surface area contributed by atoms with Crippen LogP contribution in [-0.4, -0.2) is 42.2 Å². The molecule has 18 heavy (non-hydrogen) atoms. The molecule has 6 nitrogen and oxygen atoms in total. The highest BCUT2D eigenvalue weighted by Gasteiger charge is 2.48. The molecule has 0 fully saturated rings. The van der Waals surface area contributed by atoms with Gasteiger partial charge >= 0.3 is 11.9 Å². The van der Waals surface area contributed by atoms with Crippen molar-refractivity contribution in [2.24, 2.45) is 5.92 Å². The summed E-state index contributed by atoms with van der Waals surface area (Å²) in [4.78, 5) is 21.3. The number of hydrogen-bond acceptors (Lipinski definition) is 6. The molecule has 0 amide bonds. The highest BCUT2D eigenvalue weighted by molar-refractivity contribution is 6.28. The Morgan fingerprint density at radius 2 is 2.17 bits per heavy atom. The van der Waals surface area contributed by atoms with Crippen LogP contribution in [0.5, 0.6) is 0 Å². The van der Waals surface area contributed by atoms with Gasteiger partial charge in [-0.25, -0.2) is 4.79 Å². The summed E-state index contributed by atoms with van der Waals surface area (Å²) in [5, 5.41) is 18.8. The normalized spacial score (nSPS) is 30.9. The van der Waals surface area contributed by atoms with Crippen LogP contribution in [0.3, 0.4) is 0 Å². The van der Waals surface area contributed by atoms with Gasteiger partial charge in [-0.1, -0.05) is 6.08 Å². The van der Waals surface area contributed by atoms with Gasteiger partial charge in [0.05, 0.1) is 32.0 Å². The number of ether oxygens (including phenoxy) is 2. The minimum absolute atomic E-state index is 0.0978. The highest BCUT2D eigenvalue weighted by Crippen LogP contribution is 2.38. The molecule has 0 aromatic carbocycles. The number of carbonyl (C=O) groups is 2. The van der Waals surface area contributed by atoms with Crippen molar-refractivity contribution in [2.45, 2.75) is 17.4 Å². The van der Waals surface area contributed by atoms with Crippen LogP contribution in [0.25, 0.3) is 0 Å². The lowest BCUT2D eigenvalue weighted by atomic mass is 9.79. The summed E-state index contributed by atoms with van der Waals surface area (Å²) in [5.74, 6) is -2.65. The average molecular weight is 274 g/mol. The van der Waals surface area contributed by atoms with Gasteiger partial charge in [0, 0.05) is 6.42 Å². The maximum Gasteiger partial charge on any atom is 0.336 e. The third kappa shape index (κ3) is 2.47. The molecule has 0 saturated carbocycles. The van der Waals surface area contributed by atoms with Gasteiger partial charge in [0.15, 0.2) is 4.87 Å². The van der Waals surface area contributed by atoms with Crippen LogP contribution in [0.1, 0.15) is 6.42 Å². The number of nitriles is 1. The Morgan fingerprint density at radius 1 is 1.56 bits per heavy atom. The molecule has 1 rings (SSSR count). The molecular weight excluding hydrogens is 262 g/mol. The van der Waals surface area contributed by atoms with E-state index in [4.69, 9.17) is 16.9 Å². The number of aliphatic hydroxyl groups is 1. The van der Waals surface area contributed by atoms with Crippen molar-refractivity contribution in [3.05, 3.63) is 11.6 Å². The van der Waals surface area contributed by atoms with E-state index in [1.165, 1.54) is 0 Å². The number of carbonyl (C=O) groups excluding carboxylic acids is 2. The minimum atomic E-state index is -1.63. The predicted molar refractivity (Wildman–Crippen MR) is 60.4 cm³/mol. The van der Waals surface area contributed by atoms with Crippen molar-refractivity contribution >= 4 is 23.5 Å². The van der Waals surface area contributed by atoms with Gasteiger partial charge in [0.1, 0.15) is 5.92 Å². The van der Waals surface area contributed by atoms with Crippen molar-refractivity contribution in [3.8, 4) is 6.07 Å². The molecule has 0 heterocycles. The zero-order chi connectivity index (χ0) is 13.9. The molecule has 7 heteroatoms. The number of alkyl halides is 1. The monoisotopic (exact) mass is 273 g/mol. The molecular formula is C11H12ClNO5. The zero-order valence-electron chi connectivity index (χ0n) is 9.84. The quantitative estimate of drug-likeness (QED) is 0.568. The van der Waals surface area contributed by atoms with Gasteiger partial charge in [0.25, 0.3) is 0 Å². The zero-order valence-corrected chi connectivity index (χ0v) is 10.6. The molecule has 98 valence electrons. The van der Waals surface area contributed by atoms with E-state index in [1.807, 2.05) is 0 Å². The molecule has 0 aromatic rings. The van der Waals surface area contributed by atoms with Gasteiger partial charge in [0.2, 0.25) is 0 Å². The maximum atomic E-state index is 11.6. The van der Waals surface area contributed by atoms with Crippen molar-refractivity contribution in [1.82, 2.24) is 0 Å². The largest absolute Gasteiger partial charge is 0.468 e. The van der Waals surface area contributed by atoms with E-state index in [2.05, 4.69) is 9.47 Å². The number of methoxy groups -OCH3 is 2. The van der Waals surface area contributed by atoms with E-state index < -0.39 is 28.8 Å². The topological polar surface area (TPSA) is 96.6 Å². The second-order valence-corrected chi connectivity index (χ2v) is 4.48. The van der Waals surface area contributed by atoms with Crippen LogP contribution in [-0.2, 0) is 19.1 Å². The standard InChI is InChI=1S/C11H12ClNO5/c1-17-9(15)6-3-7(10(16)18-2)11(12,5-13)4-8(6)14/h3,7-8,14H,4H2,1-2H3/t7-,8+,11?/m1/s1. The van der Waals surface area contributed by atoms with Crippen LogP contribution in [0, 0.1) is 17.2 Å². The Bertz CT molecular complexity index is 441. The number of halogens is 1. The van der Waals surface area contributed by atoms with E-state index in [1.54, 1.807) is 6.07 Å². The first-order valence-electron chi connectivity index (χ1n) is 5.05. The molecule has 1 aliphatic carbocycles. The Balaban J connectivity index is 3.23. The Kier molecular flexibility index (Phi) is 4.33. The first-order chi connectivity index (χ1) is 8.39. The Morgan fingerprint density at radius 3 is 2.61 bits per heavy atom. The highest BCUT2D eigenvalue weighted by atomic mass is 35.5. The third-order valence-electron chi connectivity index (χ3n) is 2.75. The fourth-order valence-electron chi connectivity index (χ4n) is 1.76. The van der Waals surface area contributed by atoms with Crippen LogP contribution >= 0.6 is 11.6 Å². The molecule has 0 bridgehead atoms. The fraction of sp³-hybridized carbons (Fsp3) is 0.545. The molecule has 0 radical (unpaired) electrons. The number of rotatable bonds is 2. The lowest BCUT2D eigenvalue weighted by molar-refractivity contribution is -0.145. The lowest BCUT2D eigenvalue weighted by Crippen LogP contribution is -2.44.